The molecular formula is C11H18NO4-. The number of carboxylic acid groups (broad SMARTS) is 1. The predicted molar refractivity (Wildman–Crippen MR) is 55.5 cm³/mol. The van der Waals surface area contributed by atoms with Gasteiger partial charge in [-0.15, -0.1) is 0 Å². The maximum absolute atomic E-state index is 11.6. The summed E-state index contributed by atoms with van der Waals surface area (Å²) in [6.07, 6.45) is 0.348. The van der Waals surface area contributed by atoms with E-state index < -0.39 is 11.6 Å². The zero-order valence-electron chi connectivity index (χ0n) is 9.99. The summed E-state index contributed by atoms with van der Waals surface area (Å²) >= 11 is 0. The van der Waals surface area contributed by atoms with Crippen molar-refractivity contribution in [3.63, 3.8) is 0 Å². The zero-order chi connectivity index (χ0) is 12.3. The third-order valence-corrected chi connectivity index (χ3v) is 2.39. The Labute approximate surface area is 95.4 Å². The van der Waals surface area contributed by atoms with Crippen LogP contribution in [0, 0.1) is 5.92 Å². The van der Waals surface area contributed by atoms with Crippen LogP contribution in [0.3, 0.4) is 0 Å². The van der Waals surface area contributed by atoms with E-state index in [1.807, 2.05) is 0 Å². The summed E-state index contributed by atoms with van der Waals surface area (Å²) < 4.78 is 5.20. The van der Waals surface area contributed by atoms with Gasteiger partial charge < -0.3 is 19.5 Å². The van der Waals surface area contributed by atoms with Gasteiger partial charge in [-0.25, -0.2) is 4.79 Å². The lowest BCUT2D eigenvalue weighted by Crippen LogP contribution is -2.35. The molecule has 0 aliphatic carbocycles. The minimum Gasteiger partial charge on any atom is -0.550 e. The summed E-state index contributed by atoms with van der Waals surface area (Å²) in [5.74, 6) is -1.06. The minimum atomic E-state index is -1.06. The van der Waals surface area contributed by atoms with E-state index in [0.717, 1.165) is 0 Å². The van der Waals surface area contributed by atoms with Gasteiger partial charge in [-0.05, 0) is 39.5 Å². The Bertz CT molecular complexity index is 282. The van der Waals surface area contributed by atoms with Crippen LogP contribution in [-0.2, 0) is 9.53 Å². The molecule has 0 aromatic carbocycles. The molecule has 0 N–H and O–H groups in total. The van der Waals surface area contributed by atoms with Gasteiger partial charge in [0.25, 0.3) is 0 Å². The lowest BCUT2D eigenvalue weighted by Gasteiger charge is -2.24. The van der Waals surface area contributed by atoms with Gasteiger partial charge in [0.15, 0.2) is 0 Å². The highest BCUT2D eigenvalue weighted by molar-refractivity contribution is 5.69. The van der Waals surface area contributed by atoms with Gasteiger partial charge >= 0.3 is 6.09 Å². The molecular weight excluding hydrogens is 210 g/mol. The summed E-state index contributed by atoms with van der Waals surface area (Å²) in [6, 6.07) is 0. The largest absolute Gasteiger partial charge is 0.550 e. The summed E-state index contributed by atoms with van der Waals surface area (Å²) in [6.45, 7) is 6.43. The number of nitrogens with zero attached hydrogens (tertiary/aromatic N) is 1. The molecule has 1 fully saturated rings. The van der Waals surface area contributed by atoms with Gasteiger partial charge in [0.05, 0.1) is 0 Å². The molecule has 0 radical (unpaired) electrons. The van der Waals surface area contributed by atoms with Crippen LogP contribution in [0.2, 0.25) is 0 Å². The van der Waals surface area contributed by atoms with Crippen LogP contribution in [0.5, 0.6) is 0 Å². The standard InChI is InChI=1S/C11H19NO4/c1-11(2,3)16-10(15)12-5-4-8(7-12)6-9(13)14/h8H,4-7H2,1-3H3,(H,13,14)/p-1/t8-/m0/s1. The summed E-state index contributed by atoms with van der Waals surface area (Å²) in [4.78, 5) is 23.6. The van der Waals surface area contributed by atoms with E-state index in [1.54, 1.807) is 25.7 Å². The molecule has 1 atom stereocenters. The number of ether oxygens (including phenoxy) is 1. The number of likely N-dealkylation sites (tertiary alicyclic amines) is 1. The van der Waals surface area contributed by atoms with Gasteiger partial charge in [0, 0.05) is 19.1 Å². The lowest BCUT2D eigenvalue weighted by atomic mass is 10.1. The third-order valence-electron chi connectivity index (χ3n) is 2.39. The first-order valence-electron chi connectivity index (χ1n) is 5.45. The van der Waals surface area contributed by atoms with Crippen molar-refractivity contribution in [2.75, 3.05) is 13.1 Å². The lowest BCUT2D eigenvalue weighted by molar-refractivity contribution is -0.306. The third kappa shape index (κ3) is 4.08. The van der Waals surface area contributed by atoms with Crippen molar-refractivity contribution in [2.24, 2.45) is 5.92 Å². The van der Waals surface area contributed by atoms with Gasteiger partial charge in [-0.3, -0.25) is 0 Å². The first kappa shape index (κ1) is 12.8. The number of carbonyl (C=O) groups is 2. The Morgan fingerprint density at radius 1 is 1.44 bits per heavy atom. The second kappa shape index (κ2) is 4.72. The van der Waals surface area contributed by atoms with Gasteiger partial charge in [-0.1, -0.05) is 0 Å². The van der Waals surface area contributed by atoms with E-state index in [2.05, 4.69) is 0 Å². The van der Waals surface area contributed by atoms with Crippen molar-refractivity contribution in [1.29, 1.82) is 0 Å². The Balaban J connectivity index is 2.41. The maximum Gasteiger partial charge on any atom is 0.410 e. The molecule has 1 aliphatic rings. The van der Waals surface area contributed by atoms with Crippen LogP contribution in [0.4, 0.5) is 4.79 Å². The van der Waals surface area contributed by atoms with Crippen LogP contribution in [0.15, 0.2) is 0 Å². The fourth-order valence-electron chi connectivity index (χ4n) is 1.73. The van der Waals surface area contributed by atoms with Gasteiger partial charge in [0.1, 0.15) is 5.60 Å². The number of amides is 1. The van der Waals surface area contributed by atoms with Crippen molar-refractivity contribution >= 4 is 12.1 Å². The van der Waals surface area contributed by atoms with Crippen LogP contribution >= 0.6 is 0 Å². The molecule has 0 bridgehead atoms. The first-order chi connectivity index (χ1) is 7.28. The van der Waals surface area contributed by atoms with E-state index in [4.69, 9.17) is 4.74 Å². The highest BCUT2D eigenvalue weighted by Gasteiger charge is 2.29. The number of hydrogen-bond acceptors (Lipinski definition) is 4. The fraction of sp³-hybridized carbons (Fsp3) is 0.818. The topological polar surface area (TPSA) is 69.7 Å². The highest BCUT2D eigenvalue weighted by atomic mass is 16.6. The molecule has 0 aromatic rings. The SMILES string of the molecule is CC(C)(C)OC(=O)N1CC[C@@H](CC(=O)[O-])C1. The van der Waals surface area contributed by atoms with Gasteiger partial charge in [0.2, 0.25) is 0 Å². The smallest absolute Gasteiger partial charge is 0.410 e. The van der Waals surface area contributed by atoms with E-state index in [1.165, 1.54) is 0 Å². The van der Waals surface area contributed by atoms with Crippen molar-refractivity contribution < 1.29 is 19.4 Å². The number of hydrogen-bond donors (Lipinski definition) is 0. The predicted octanol–water partition coefficient (Wildman–Crippen LogP) is 0.383. The van der Waals surface area contributed by atoms with Crippen LogP contribution < -0.4 is 5.11 Å². The monoisotopic (exact) mass is 228 g/mol. The Hall–Kier alpha value is -1.26. The summed E-state index contributed by atoms with van der Waals surface area (Å²) in [5.41, 5.74) is -0.510. The van der Waals surface area contributed by atoms with Crippen LogP contribution in [0.1, 0.15) is 33.6 Å². The van der Waals surface area contributed by atoms with Crippen LogP contribution in [0.25, 0.3) is 0 Å². The summed E-state index contributed by atoms with van der Waals surface area (Å²) in [5, 5.41) is 10.4. The van der Waals surface area contributed by atoms with Gasteiger partial charge in [-0.2, -0.15) is 0 Å². The summed E-state index contributed by atoms with van der Waals surface area (Å²) in [7, 11) is 0. The molecule has 1 amide bonds. The number of carboxylic acids is 1. The van der Waals surface area contributed by atoms with Crippen molar-refractivity contribution in [3.8, 4) is 0 Å². The average molecular weight is 228 g/mol. The zero-order valence-corrected chi connectivity index (χ0v) is 9.99. The molecule has 5 nitrogen and oxygen atoms in total. The van der Waals surface area contributed by atoms with Crippen molar-refractivity contribution in [1.82, 2.24) is 4.90 Å². The molecule has 0 spiro atoms. The molecule has 0 aromatic heterocycles. The van der Waals surface area contributed by atoms with E-state index >= 15 is 0 Å². The molecule has 5 heteroatoms. The van der Waals surface area contributed by atoms with E-state index in [-0.39, 0.29) is 18.4 Å². The van der Waals surface area contributed by atoms with Crippen LogP contribution in [-0.4, -0.2) is 35.7 Å². The Morgan fingerprint density at radius 2 is 2.06 bits per heavy atom. The molecule has 1 rings (SSSR count). The average Bonchev–Trinajstić information content (AvgIpc) is 2.48. The molecule has 0 saturated carbocycles. The Morgan fingerprint density at radius 3 is 2.56 bits per heavy atom. The molecule has 92 valence electrons. The van der Waals surface area contributed by atoms with Crippen molar-refractivity contribution in [3.05, 3.63) is 0 Å². The molecule has 0 unspecified atom stereocenters. The highest BCUT2D eigenvalue weighted by Crippen LogP contribution is 2.21. The fourth-order valence-corrected chi connectivity index (χ4v) is 1.73. The first-order valence-corrected chi connectivity index (χ1v) is 5.45. The normalized spacial score (nSPS) is 20.9. The number of rotatable bonds is 2. The second-order valence-corrected chi connectivity index (χ2v) is 5.16. The number of carbonyl (C=O) groups excluding carboxylic acids is 2. The molecule has 1 saturated heterocycles. The van der Waals surface area contributed by atoms with Crippen molar-refractivity contribution in [2.45, 2.75) is 39.2 Å². The van der Waals surface area contributed by atoms with E-state index in [9.17, 15) is 14.7 Å². The van der Waals surface area contributed by atoms with E-state index in [0.29, 0.717) is 19.5 Å². The number of aliphatic carboxylic acids is 1. The minimum absolute atomic E-state index is 0.00230. The maximum atomic E-state index is 11.6. The molecule has 1 heterocycles. The molecule has 1 aliphatic heterocycles. The quantitative estimate of drug-likeness (QED) is 0.685. The second-order valence-electron chi connectivity index (χ2n) is 5.16. The Kier molecular flexibility index (Phi) is 3.78. The molecule has 16 heavy (non-hydrogen) atoms.